The van der Waals surface area contributed by atoms with E-state index in [1.54, 1.807) is 13.4 Å². The number of hydrogen-bond acceptors (Lipinski definition) is 4. The Balaban J connectivity index is 1.47. The highest BCUT2D eigenvalue weighted by Gasteiger charge is 2.07. The number of nitrogens with one attached hydrogen (secondary N) is 2. The summed E-state index contributed by atoms with van der Waals surface area (Å²) in [5, 5.41) is 19.3. The van der Waals surface area contributed by atoms with E-state index in [4.69, 9.17) is 0 Å². The Kier molecular flexibility index (Phi) is 6.19. The minimum atomic E-state index is 0.534. The van der Waals surface area contributed by atoms with Crippen molar-refractivity contribution in [3.8, 4) is 5.69 Å². The van der Waals surface area contributed by atoms with E-state index >= 15 is 0 Å². The van der Waals surface area contributed by atoms with Crippen molar-refractivity contribution in [3.63, 3.8) is 0 Å². The predicted molar refractivity (Wildman–Crippen MR) is 106 cm³/mol. The number of para-hydroxylation sites is 1. The molecule has 8 heteroatoms. The summed E-state index contributed by atoms with van der Waals surface area (Å²) < 4.78 is 4.00. The molecule has 2 N–H and O–H groups in total. The monoisotopic (exact) mass is 366 g/mol. The van der Waals surface area contributed by atoms with Gasteiger partial charge in [0.2, 0.25) is 0 Å². The molecule has 0 bridgehead atoms. The van der Waals surface area contributed by atoms with Crippen LogP contribution in [0.2, 0.25) is 0 Å². The van der Waals surface area contributed by atoms with Gasteiger partial charge in [0.05, 0.1) is 12.2 Å². The van der Waals surface area contributed by atoms with Gasteiger partial charge >= 0.3 is 0 Å². The van der Waals surface area contributed by atoms with Crippen molar-refractivity contribution < 1.29 is 0 Å². The number of aliphatic imine (C=N–C) groups is 1. The van der Waals surface area contributed by atoms with Crippen LogP contribution >= 0.6 is 0 Å². The summed E-state index contributed by atoms with van der Waals surface area (Å²) in [6.45, 7) is 6.32. The lowest BCUT2D eigenvalue weighted by molar-refractivity contribution is 0.555. The number of hydrogen-bond donors (Lipinski definition) is 2. The van der Waals surface area contributed by atoms with E-state index in [1.165, 1.54) is 5.69 Å². The summed E-state index contributed by atoms with van der Waals surface area (Å²) in [5.41, 5.74) is 3.28. The van der Waals surface area contributed by atoms with Crippen LogP contribution in [0.1, 0.15) is 23.6 Å². The molecule has 0 atom stereocenters. The second kappa shape index (κ2) is 8.98. The van der Waals surface area contributed by atoms with Gasteiger partial charge in [0.15, 0.2) is 11.8 Å². The summed E-state index contributed by atoms with van der Waals surface area (Å²) in [4.78, 5) is 4.27. The molecule has 1 aromatic carbocycles. The molecule has 0 aliphatic heterocycles. The molecule has 2 heterocycles. The molecule has 2 aromatic heterocycles. The lowest BCUT2D eigenvalue weighted by Gasteiger charge is -2.12. The standard InChI is InChI=1S/C19H26N8/c1-15-12-16(2)27(25-15)11-7-10-21-19(20-3)22-13-18-24-23-14-26(18)17-8-5-4-6-9-17/h4-6,8-9,12,14H,7,10-11,13H2,1-3H3,(H2,20,21,22). The van der Waals surface area contributed by atoms with E-state index in [0.29, 0.717) is 6.54 Å². The number of rotatable bonds is 7. The third-order valence-corrected chi connectivity index (χ3v) is 4.23. The SMILES string of the molecule is CN=C(NCCCn1nc(C)cc1C)NCc1nncn1-c1ccccc1. The molecule has 0 saturated carbocycles. The van der Waals surface area contributed by atoms with Crippen LogP contribution in [0.25, 0.3) is 5.69 Å². The maximum atomic E-state index is 4.48. The zero-order valence-corrected chi connectivity index (χ0v) is 16.1. The predicted octanol–water partition coefficient (Wildman–Crippen LogP) is 1.84. The molecule has 0 aliphatic carbocycles. The van der Waals surface area contributed by atoms with Gasteiger partial charge in [-0.2, -0.15) is 5.10 Å². The van der Waals surface area contributed by atoms with Crippen molar-refractivity contribution in [2.75, 3.05) is 13.6 Å². The van der Waals surface area contributed by atoms with Crippen molar-refractivity contribution in [1.29, 1.82) is 0 Å². The second-order valence-corrected chi connectivity index (χ2v) is 6.31. The van der Waals surface area contributed by atoms with Gasteiger partial charge in [-0.15, -0.1) is 10.2 Å². The Hall–Kier alpha value is -3.16. The van der Waals surface area contributed by atoms with Gasteiger partial charge in [0.25, 0.3) is 0 Å². The second-order valence-electron chi connectivity index (χ2n) is 6.31. The minimum Gasteiger partial charge on any atom is -0.356 e. The van der Waals surface area contributed by atoms with Crippen LogP contribution in [-0.2, 0) is 13.1 Å². The fourth-order valence-electron chi connectivity index (χ4n) is 2.90. The highest BCUT2D eigenvalue weighted by Crippen LogP contribution is 2.08. The van der Waals surface area contributed by atoms with Crippen molar-refractivity contribution in [3.05, 3.63) is 59.9 Å². The largest absolute Gasteiger partial charge is 0.356 e. The quantitative estimate of drug-likeness (QED) is 0.379. The number of nitrogens with zero attached hydrogens (tertiary/aromatic N) is 6. The molecule has 0 radical (unpaired) electrons. The van der Waals surface area contributed by atoms with Crippen LogP contribution in [-0.4, -0.2) is 44.1 Å². The number of guanidine groups is 1. The Morgan fingerprint density at radius 1 is 1.15 bits per heavy atom. The molecule has 142 valence electrons. The number of aryl methyl sites for hydroxylation is 3. The normalized spacial score (nSPS) is 11.6. The molecule has 0 unspecified atom stereocenters. The topological polar surface area (TPSA) is 84.9 Å². The van der Waals surface area contributed by atoms with Crippen LogP contribution in [0, 0.1) is 13.8 Å². The van der Waals surface area contributed by atoms with Gasteiger partial charge < -0.3 is 10.6 Å². The van der Waals surface area contributed by atoms with Gasteiger partial charge in [-0.3, -0.25) is 14.2 Å². The van der Waals surface area contributed by atoms with Crippen LogP contribution in [0.3, 0.4) is 0 Å². The van der Waals surface area contributed by atoms with E-state index in [0.717, 1.165) is 42.7 Å². The lowest BCUT2D eigenvalue weighted by Crippen LogP contribution is -2.38. The summed E-state index contributed by atoms with van der Waals surface area (Å²) in [6, 6.07) is 12.1. The van der Waals surface area contributed by atoms with Gasteiger partial charge in [0, 0.05) is 31.5 Å². The van der Waals surface area contributed by atoms with Crippen LogP contribution in [0.4, 0.5) is 0 Å². The molecular weight excluding hydrogens is 340 g/mol. The van der Waals surface area contributed by atoms with E-state index in [2.05, 4.69) is 43.9 Å². The highest BCUT2D eigenvalue weighted by molar-refractivity contribution is 5.79. The smallest absolute Gasteiger partial charge is 0.191 e. The molecule has 0 amide bonds. The van der Waals surface area contributed by atoms with Crippen molar-refractivity contribution in [2.45, 2.75) is 33.4 Å². The van der Waals surface area contributed by atoms with E-state index in [9.17, 15) is 0 Å². The third kappa shape index (κ3) is 4.93. The van der Waals surface area contributed by atoms with Gasteiger partial charge in [-0.1, -0.05) is 18.2 Å². The van der Waals surface area contributed by atoms with Crippen LogP contribution in [0.5, 0.6) is 0 Å². The molecule has 3 aromatic rings. The van der Waals surface area contributed by atoms with Crippen molar-refractivity contribution >= 4 is 5.96 Å². The fourth-order valence-corrected chi connectivity index (χ4v) is 2.90. The Bertz CT molecular complexity index is 878. The molecule has 3 rings (SSSR count). The molecule has 0 fully saturated rings. The van der Waals surface area contributed by atoms with E-state index in [1.807, 2.05) is 46.5 Å². The first-order chi connectivity index (χ1) is 13.2. The van der Waals surface area contributed by atoms with E-state index in [-0.39, 0.29) is 0 Å². The molecule has 8 nitrogen and oxygen atoms in total. The molecular formula is C19H26N8. The molecule has 27 heavy (non-hydrogen) atoms. The first-order valence-electron chi connectivity index (χ1n) is 9.07. The lowest BCUT2D eigenvalue weighted by atomic mass is 10.3. The molecule has 0 aliphatic rings. The number of aromatic nitrogens is 5. The minimum absolute atomic E-state index is 0.534. The van der Waals surface area contributed by atoms with E-state index < -0.39 is 0 Å². The van der Waals surface area contributed by atoms with Gasteiger partial charge in [-0.05, 0) is 38.5 Å². The summed E-state index contributed by atoms with van der Waals surface area (Å²) in [6.07, 6.45) is 2.68. The average molecular weight is 366 g/mol. The maximum Gasteiger partial charge on any atom is 0.191 e. The van der Waals surface area contributed by atoms with Crippen LogP contribution < -0.4 is 10.6 Å². The Morgan fingerprint density at radius 3 is 2.67 bits per heavy atom. The van der Waals surface area contributed by atoms with Crippen molar-refractivity contribution in [1.82, 2.24) is 35.2 Å². The molecule has 0 spiro atoms. The van der Waals surface area contributed by atoms with Crippen LogP contribution in [0.15, 0.2) is 47.7 Å². The molecule has 0 saturated heterocycles. The summed E-state index contributed by atoms with van der Waals surface area (Å²) >= 11 is 0. The summed E-state index contributed by atoms with van der Waals surface area (Å²) in [7, 11) is 1.76. The van der Waals surface area contributed by atoms with Gasteiger partial charge in [0.1, 0.15) is 6.33 Å². The highest BCUT2D eigenvalue weighted by atomic mass is 15.3. The fraction of sp³-hybridized carbons (Fsp3) is 0.368. The Labute approximate surface area is 159 Å². The number of benzene rings is 1. The first-order valence-corrected chi connectivity index (χ1v) is 9.07. The van der Waals surface area contributed by atoms with Crippen molar-refractivity contribution in [2.24, 2.45) is 4.99 Å². The maximum absolute atomic E-state index is 4.48. The zero-order valence-electron chi connectivity index (χ0n) is 16.1. The first kappa shape index (κ1) is 18.6. The third-order valence-electron chi connectivity index (χ3n) is 4.23. The Morgan fingerprint density at radius 2 is 1.96 bits per heavy atom. The zero-order chi connectivity index (χ0) is 19.1. The average Bonchev–Trinajstić information content (AvgIpc) is 3.27. The van der Waals surface area contributed by atoms with Gasteiger partial charge in [-0.25, -0.2) is 0 Å². The summed E-state index contributed by atoms with van der Waals surface area (Å²) in [5.74, 6) is 1.57.